The van der Waals surface area contributed by atoms with Crippen LogP contribution in [-0.4, -0.2) is 29.8 Å². The summed E-state index contributed by atoms with van der Waals surface area (Å²) in [6.07, 6.45) is 0. The smallest absolute Gasteiger partial charge is 0.255 e. The van der Waals surface area contributed by atoms with Crippen LogP contribution in [-0.2, 0) is 0 Å². The summed E-state index contributed by atoms with van der Waals surface area (Å²) in [7, 11) is 0. The highest BCUT2D eigenvalue weighted by atomic mass is 35.5. The van der Waals surface area contributed by atoms with Gasteiger partial charge in [-0.2, -0.15) is 0 Å². The summed E-state index contributed by atoms with van der Waals surface area (Å²) in [6.45, 7) is 5.19. The molecule has 0 aliphatic rings. The number of carbonyl (C=O) groups is 2. The fraction of sp³-hybridized carbons (Fsp3) is 0.222. The first-order chi connectivity index (χ1) is 11.5. The number of hydrogen-bond donors (Lipinski definition) is 1. The molecule has 0 atom stereocenters. The fourth-order valence-corrected chi connectivity index (χ4v) is 2.53. The molecule has 0 radical (unpaired) electrons. The summed E-state index contributed by atoms with van der Waals surface area (Å²) in [6, 6.07) is 11.5. The van der Waals surface area contributed by atoms with Gasteiger partial charge in [0.05, 0.1) is 10.0 Å². The summed E-state index contributed by atoms with van der Waals surface area (Å²) in [4.78, 5) is 26.2. The molecule has 0 bridgehead atoms. The largest absolute Gasteiger partial charge is 0.339 e. The van der Waals surface area contributed by atoms with Gasteiger partial charge >= 0.3 is 0 Å². The first-order valence-electron chi connectivity index (χ1n) is 7.62. The third-order valence-electron chi connectivity index (χ3n) is 3.62. The van der Waals surface area contributed by atoms with Crippen LogP contribution in [0.2, 0.25) is 10.0 Å². The van der Waals surface area contributed by atoms with Gasteiger partial charge in [-0.25, -0.2) is 0 Å². The van der Waals surface area contributed by atoms with Gasteiger partial charge in [0.2, 0.25) is 0 Å². The zero-order valence-corrected chi connectivity index (χ0v) is 15.0. The van der Waals surface area contributed by atoms with E-state index in [1.54, 1.807) is 41.3 Å². The molecule has 0 aliphatic carbocycles. The minimum Gasteiger partial charge on any atom is -0.339 e. The molecule has 4 nitrogen and oxygen atoms in total. The van der Waals surface area contributed by atoms with E-state index in [4.69, 9.17) is 23.2 Å². The number of anilines is 1. The van der Waals surface area contributed by atoms with Crippen LogP contribution in [0, 0.1) is 0 Å². The van der Waals surface area contributed by atoms with Crippen molar-refractivity contribution in [2.45, 2.75) is 13.8 Å². The van der Waals surface area contributed by atoms with Gasteiger partial charge in [0.25, 0.3) is 11.8 Å². The van der Waals surface area contributed by atoms with Crippen molar-refractivity contribution in [1.29, 1.82) is 0 Å². The minimum absolute atomic E-state index is 0.0256. The average molecular weight is 365 g/mol. The second-order valence-electron chi connectivity index (χ2n) is 5.14. The summed E-state index contributed by atoms with van der Waals surface area (Å²) in [5, 5.41) is 3.48. The van der Waals surface area contributed by atoms with Crippen molar-refractivity contribution in [2.75, 3.05) is 18.4 Å². The molecule has 0 unspecified atom stereocenters. The average Bonchev–Trinajstić information content (AvgIpc) is 2.59. The van der Waals surface area contributed by atoms with Gasteiger partial charge in [-0.1, -0.05) is 23.2 Å². The third kappa shape index (κ3) is 4.28. The zero-order valence-electron chi connectivity index (χ0n) is 13.5. The Morgan fingerprint density at radius 1 is 0.917 bits per heavy atom. The van der Waals surface area contributed by atoms with Gasteiger partial charge in [0.15, 0.2) is 0 Å². The van der Waals surface area contributed by atoms with E-state index in [0.29, 0.717) is 39.9 Å². The standard InChI is InChI=1S/C18H18Cl2N2O2/c1-3-22(4-2)18(24)12-5-8-14(9-6-12)21-17(23)13-7-10-15(19)16(20)11-13/h5-11H,3-4H2,1-2H3,(H,21,23). The normalized spacial score (nSPS) is 10.3. The lowest BCUT2D eigenvalue weighted by molar-refractivity contribution is 0.0773. The Morgan fingerprint density at radius 2 is 1.50 bits per heavy atom. The molecule has 2 aromatic carbocycles. The number of rotatable bonds is 5. The van der Waals surface area contributed by atoms with E-state index in [1.165, 1.54) is 6.07 Å². The highest BCUT2D eigenvalue weighted by Crippen LogP contribution is 2.23. The lowest BCUT2D eigenvalue weighted by Gasteiger charge is -2.18. The van der Waals surface area contributed by atoms with Crippen LogP contribution in [0.15, 0.2) is 42.5 Å². The summed E-state index contributed by atoms with van der Waals surface area (Å²) >= 11 is 11.8. The molecule has 126 valence electrons. The van der Waals surface area contributed by atoms with Crippen LogP contribution in [0.5, 0.6) is 0 Å². The fourth-order valence-electron chi connectivity index (χ4n) is 2.23. The van der Waals surface area contributed by atoms with E-state index < -0.39 is 0 Å². The molecule has 0 aliphatic heterocycles. The van der Waals surface area contributed by atoms with E-state index in [2.05, 4.69) is 5.32 Å². The summed E-state index contributed by atoms with van der Waals surface area (Å²) < 4.78 is 0. The maximum atomic E-state index is 12.2. The van der Waals surface area contributed by atoms with E-state index in [-0.39, 0.29) is 11.8 Å². The van der Waals surface area contributed by atoms with Gasteiger partial charge in [0.1, 0.15) is 0 Å². The quantitative estimate of drug-likeness (QED) is 0.833. The van der Waals surface area contributed by atoms with Crippen molar-refractivity contribution >= 4 is 40.7 Å². The Kier molecular flexibility index (Phi) is 6.23. The predicted octanol–water partition coefficient (Wildman–Crippen LogP) is 4.73. The van der Waals surface area contributed by atoms with E-state index in [0.717, 1.165) is 0 Å². The van der Waals surface area contributed by atoms with Gasteiger partial charge in [-0.15, -0.1) is 0 Å². The van der Waals surface area contributed by atoms with E-state index in [9.17, 15) is 9.59 Å². The molecular formula is C18H18Cl2N2O2. The molecule has 0 saturated heterocycles. The highest BCUT2D eigenvalue weighted by Gasteiger charge is 2.13. The van der Waals surface area contributed by atoms with Crippen LogP contribution in [0.3, 0.4) is 0 Å². The van der Waals surface area contributed by atoms with Gasteiger partial charge in [-0.05, 0) is 56.3 Å². The second-order valence-corrected chi connectivity index (χ2v) is 5.95. The number of benzene rings is 2. The van der Waals surface area contributed by atoms with Crippen LogP contribution in [0.25, 0.3) is 0 Å². The van der Waals surface area contributed by atoms with Crippen LogP contribution >= 0.6 is 23.2 Å². The monoisotopic (exact) mass is 364 g/mol. The van der Waals surface area contributed by atoms with Crippen LogP contribution < -0.4 is 5.32 Å². The summed E-state index contributed by atoms with van der Waals surface area (Å²) in [5.41, 5.74) is 1.60. The molecule has 2 amide bonds. The molecule has 24 heavy (non-hydrogen) atoms. The SMILES string of the molecule is CCN(CC)C(=O)c1ccc(NC(=O)c2ccc(Cl)c(Cl)c2)cc1. The van der Waals surface area contributed by atoms with Crippen molar-refractivity contribution in [2.24, 2.45) is 0 Å². The molecule has 1 N–H and O–H groups in total. The first kappa shape index (κ1) is 18.3. The van der Waals surface area contributed by atoms with Crippen molar-refractivity contribution in [1.82, 2.24) is 4.90 Å². The first-order valence-corrected chi connectivity index (χ1v) is 8.37. The number of nitrogens with one attached hydrogen (secondary N) is 1. The maximum Gasteiger partial charge on any atom is 0.255 e. The number of amides is 2. The van der Waals surface area contributed by atoms with Crippen molar-refractivity contribution in [3.05, 3.63) is 63.6 Å². The Labute approximate surface area is 151 Å². The Balaban J connectivity index is 2.09. The number of carbonyl (C=O) groups excluding carboxylic acids is 2. The van der Waals surface area contributed by atoms with Gasteiger partial charge in [-0.3, -0.25) is 9.59 Å². The molecule has 2 rings (SSSR count). The number of hydrogen-bond acceptors (Lipinski definition) is 2. The molecule has 0 aromatic heterocycles. The maximum absolute atomic E-state index is 12.2. The predicted molar refractivity (Wildman–Crippen MR) is 98.1 cm³/mol. The van der Waals surface area contributed by atoms with Crippen molar-refractivity contribution in [3.8, 4) is 0 Å². The third-order valence-corrected chi connectivity index (χ3v) is 4.36. The Hall–Kier alpha value is -2.04. The highest BCUT2D eigenvalue weighted by molar-refractivity contribution is 6.42. The molecule has 0 heterocycles. The zero-order chi connectivity index (χ0) is 17.7. The molecular weight excluding hydrogens is 347 g/mol. The lowest BCUT2D eigenvalue weighted by atomic mass is 10.1. The number of nitrogens with zero attached hydrogens (tertiary/aromatic N) is 1. The minimum atomic E-state index is -0.295. The second kappa shape index (κ2) is 8.18. The molecule has 0 fully saturated rings. The molecule has 0 spiro atoms. The van der Waals surface area contributed by atoms with Gasteiger partial charge < -0.3 is 10.2 Å². The Morgan fingerprint density at radius 3 is 2.04 bits per heavy atom. The molecule has 6 heteroatoms. The Bertz CT molecular complexity index is 741. The summed E-state index contributed by atoms with van der Waals surface area (Å²) in [5.74, 6) is -0.321. The molecule has 2 aromatic rings. The van der Waals surface area contributed by atoms with Crippen molar-refractivity contribution in [3.63, 3.8) is 0 Å². The van der Waals surface area contributed by atoms with E-state index in [1.807, 2.05) is 13.8 Å². The van der Waals surface area contributed by atoms with Crippen LogP contribution in [0.4, 0.5) is 5.69 Å². The topological polar surface area (TPSA) is 49.4 Å². The lowest BCUT2D eigenvalue weighted by Crippen LogP contribution is -2.30. The van der Waals surface area contributed by atoms with Crippen LogP contribution in [0.1, 0.15) is 34.6 Å². The van der Waals surface area contributed by atoms with Gasteiger partial charge in [0, 0.05) is 29.9 Å². The number of halogens is 2. The molecule has 0 saturated carbocycles. The van der Waals surface area contributed by atoms with E-state index >= 15 is 0 Å². The van der Waals surface area contributed by atoms with Crippen molar-refractivity contribution < 1.29 is 9.59 Å².